The number of hydrogen-bond acceptors (Lipinski definition) is 3. The van der Waals surface area contributed by atoms with Gasteiger partial charge in [-0.15, -0.1) is 0 Å². The maximum Gasteiger partial charge on any atom is 0.317 e. The number of aliphatic carboxylic acids is 1. The van der Waals surface area contributed by atoms with Crippen LogP contribution in [0.3, 0.4) is 0 Å². The molecule has 2 aliphatic rings. The number of nitrogens with one attached hydrogen (secondary N) is 1. The van der Waals surface area contributed by atoms with Crippen LogP contribution in [0.1, 0.15) is 32.6 Å². The van der Waals surface area contributed by atoms with Crippen molar-refractivity contribution in [2.24, 2.45) is 5.41 Å². The minimum absolute atomic E-state index is 0.0323. The molecule has 2 fully saturated rings. The number of nitrogens with zero attached hydrogens (tertiary/aromatic N) is 2. The third kappa shape index (κ3) is 3.86. The van der Waals surface area contributed by atoms with E-state index in [-0.39, 0.29) is 23.8 Å². The molecule has 0 atom stereocenters. The Labute approximate surface area is 124 Å². The lowest BCUT2D eigenvalue weighted by Crippen LogP contribution is -2.54. The van der Waals surface area contributed by atoms with Crippen molar-refractivity contribution in [2.75, 3.05) is 32.7 Å². The SMILES string of the molecule is CC(=O)N1CCN(C(=O)NCC2(CC(=O)O)CCC2)CC1. The van der Waals surface area contributed by atoms with Crippen LogP contribution < -0.4 is 5.32 Å². The summed E-state index contributed by atoms with van der Waals surface area (Å²) in [7, 11) is 0. The predicted molar refractivity (Wildman–Crippen MR) is 75.8 cm³/mol. The van der Waals surface area contributed by atoms with Gasteiger partial charge in [0.2, 0.25) is 5.91 Å². The Hall–Kier alpha value is -1.79. The summed E-state index contributed by atoms with van der Waals surface area (Å²) in [5, 5.41) is 11.8. The van der Waals surface area contributed by atoms with Crippen LogP contribution in [0, 0.1) is 5.41 Å². The molecule has 1 saturated carbocycles. The van der Waals surface area contributed by atoms with Crippen LogP contribution in [-0.2, 0) is 9.59 Å². The molecular formula is C14H23N3O4. The van der Waals surface area contributed by atoms with Gasteiger partial charge in [-0.05, 0) is 18.3 Å². The van der Waals surface area contributed by atoms with Gasteiger partial charge in [-0.2, -0.15) is 0 Å². The first kappa shape index (κ1) is 15.6. The number of carbonyl (C=O) groups excluding carboxylic acids is 2. The number of carboxylic acids is 1. The standard InChI is InChI=1S/C14H23N3O4/c1-11(18)16-5-7-17(8-6-16)13(21)15-10-14(3-2-4-14)9-12(19)20/h2-10H2,1H3,(H,15,21)(H,19,20). The first-order chi connectivity index (χ1) is 9.92. The van der Waals surface area contributed by atoms with E-state index >= 15 is 0 Å². The van der Waals surface area contributed by atoms with Crippen molar-refractivity contribution in [3.05, 3.63) is 0 Å². The van der Waals surface area contributed by atoms with E-state index in [1.54, 1.807) is 9.80 Å². The molecule has 0 radical (unpaired) electrons. The molecule has 3 amide bonds. The molecule has 0 aromatic heterocycles. The Morgan fingerprint density at radius 3 is 2.10 bits per heavy atom. The summed E-state index contributed by atoms with van der Waals surface area (Å²) in [4.78, 5) is 37.6. The Morgan fingerprint density at radius 2 is 1.67 bits per heavy atom. The molecular weight excluding hydrogens is 274 g/mol. The van der Waals surface area contributed by atoms with Crippen molar-refractivity contribution in [2.45, 2.75) is 32.6 Å². The van der Waals surface area contributed by atoms with Gasteiger partial charge < -0.3 is 20.2 Å². The zero-order valence-corrected chi connectivity index (χ0v) is 12.4. The lowest BCUT2D eigenvalue weighted by molar-refractivity contribution is -0.141. The topological polar surface area (TPSA) is 90.0 Å². The van der Waals surface area contributed by atoms with Gasteiger partial charge in [0.15, 0.2) is 0 Å². The maximum absolute atomic E-state index is 12.1. The van der Waals surface area contributed by atoms with Gasteiger partial charge in [-0.1, -0.05) is 6.42 Å². The van der Waals surface area contributed by atoms with Crippen molar-refractivity contribution >= 4 is 17.9 Å². The molecule has 0 spiro atoms. The summed E-state index contributed by atoms with van der Waals surface area (Å²) in [6.45, 7) is 4.12. The van der Waals surface area contributed by atoms with E-state index in [1.165, 1.54) is 6.92 Å². The summed E-state index contributed by atoms with van der Waals surface area (Å²) in [6, 6.07) is -0.158. The normalized spacial score (nSPS) is 20.6. The molecule has 2 N–H and O–H groups in total. The van der Waals surface area contributed by atoms with E-state index in [4.69, 9.17) is 5.11 Å². The molecule has 1 aliphatic heterocycles. The van der Waals surface area contributed by atoms with Crippen molar-refractivity contribution in [3.8, 4) is 0 Å². The fraction of sp³-hybridized carbons (Fsp3) is 0.786. The molecule has 21 heavy (non-hydrogen) atoms. The second kappa shape index (κ2) is 6.32. The van der Waals surface area contributed by atoms with Gasteiger partial charge in [0, 0.05) is 39.6 Å². The molecule has 0 aromatic carbocycles. The molecule has 7 heteroatoms. The molecule has 118 valence electrons. The van der Waals surface area contributed by atoms with Crippen LogP contribution in [0.4, 0.5) is 4.79 Å². The van der Waals surface area contributed by atoms with Crippen molar-refractivity contribution < 1.29 is 19.5 Å². The number of amides is 3. The van der Waals surface area contributed by atoms with Crippen LogP contribution in [0.2, 0.25) is 0 Å². The highest BCUT2D eigenvalue weighted by molar-refractivity contribution is 5.76. The third-order valence-corrected chi connectivity index (χ3v) is 4.57. The fourth-order valence-corrected chi connectivity index (χ4v) is 3.01. The van der Waals surface area contributed by atoms with E-state index in [0.717, 1.165) is 19.3 Å². The largest absolute Gasteiger partial charge is 0.481 e. The van der Waals surface area contributed by atoms with Crippen LogP contribution in [-0.4, -0.2) is 65.5 Å². The van der Waals surface area contributed by atoms with E-state index in [0.29, 0.717) is 32.7 Å². The smallest absolute Gasteiger partial charge is 0.317 e. The average molecular weight is 297 g/mol. The molecule has 0 aromatic rings. The fourth-order valence-electron chi connectivity index (χ4n) is 3.01. The highest BCUT2D eigenvalue weighted by Gasteiger charge is 2.39. The molecule has 1 saturated heterocycles. The maximum atomic E-state index is 12.1. The summed E-state index contributed by atoms with van der Waals surface area (Å²) >= 11 is 0. The first-order valence-corrected chi connectivity index (χ1v) is 7.42. The van der Waals surface area contributed by atoms with Crippen molar-refractivity contribution in [1.82, 2.24) is 15.1 Å². The summed E-state index contributed by atoms with van der Waals surface area (Å²) < 4.78 is 0. The van der Waals surface area contributed by atoms with Gasteiger partial charge in [-0.3, -0.25) is 9.59 Å². The Bertz CT molecular complexity index is 426. The zero-order valence-electron chi connectivity index (χ0n) is 12.4. The lowest BCUT2D eigenvalue weighted by atomic mass is 9.66. The molecule has 2 rings (SSSR count). The highest BCUT2D eigenvalue weighted by Crippen LogP contribution is 2.43. The van der Waals surface area contributed by atoms with E-state index < -0.39 is 5.97 Å². The second-order valence-electron chi connectivity index (χ2n) is 6.08. The second-order valence-corrected chi connectivity index (χ2v) is 6.08. The van der Waals surface area contributed by atoms with E-state index in [2.05, 4.69) is 5.32 Å². The number of carbonyl (C=O) groups is 3. The van der Waals surface area contributed by atoms with Crippen LogP contribution in [0.5, 0.6) is 0 Å². The van der Waals surface area contributed by atoms with Crippen molar-refractivity contribution in [1.29, 1.82) is 0 Å². The molecule has 1 aliphatic carbocycles. The minimum Gasteiger partial charge on any atom is -0.481 e. The number of hydrogen-bond donors (Lipinski definition) is 2. The van der Waals surface area contributed by atoms with Gasteiger partial charge in [-0.25, -0.2) is 4.79 Å². The number of urea groups is 1. The van der Waals surface area contributed by atoms with Crippen LogP contribution in [0.15, 0.2) is 0 Å². The monoisotopic (exact) mass is 297 g/mol. The van der Waals surface area contributed by atoms with E-state index in [1.807, 2.05) is 0 Å². The minimum atomic E-state index is -0.806. The Morgan fingerprint density at radius 1 is 1.10 bits per heavy atom. The summed E-state index contributed by atoms with van der Waals surface area (Å²) in [6.07, 6.45) is 2.86. The van der Waals surface area contributed by atoms with Gasteiger partial charge in [0.25, 0.3) is 0 Å². The molecule has 0 unspecified atom stereocenters. The summed E-state index contributed by atoms with van der Waals surface area (Å²) in [5.74, 6) is -0.774. The first-order valence-electron chi connectivity index (χ1n) is 7.42. The van der Waals surface area contributed by atoms with Gasteiger partial charge in [0.1, 0.15) is 0 Å². The van der Waals surface area contributed by atoms with Crippen molar-refractivity contribution in [3.63, 3.8) is 0 Å². The highest BCUT2D eigenvalue weighted by atomic mass is 16.4. The molecule has 7 nitrogen and oxygen atoms in total. The summed E-state index contributed by atoms with van der Waals surface area (Å²) in [5.41, 5.74) is -0.261. The lowest BCUT2D eigenvalue weighted by Gasteiger charge is -2.41. The average Bonchev–Trinajstić information content (AvgIpc) is 2.41. The number of carboxylic acid groups (broad SMARTS) is 1. The molecule has 1 heterocycles. The Kier molecular flexibility index (Phi) is 4.69. The quantitative estimate of drug-likeness (QED) is 0.791. The van der Waals surface area contributed by atoms with Gasteiger partial charge >= 0.3 is 12.0 Å². The van der Waals surface area contributed by atoms with Crippen LogP contribution >= 0.6 is 0 Å². The number of rotatable bonds is 4. The third-order valence-electron chi connectivity index (χ3n) is 4.57. The van der Waals surface area contributed by atoms with E-state index in [9.17, 15) is 14.4 Å². The number of piperazine rings is 1. The van der Waals surface area contributed by atoms with Gasteiger partial charge in [0.05, 0.1) is 6.42 Å². The van der Waals surface area contributed by atoms with Crippen LogP contribution in [0.25, 0.3) is 0 Å². The zero-order chi connectivity index (χ0) is 15.5. The Balaban J connectivity index is 1.77. The molecule has 0 bridgehead atoms. The predicted octanol–water partition coefficient (Wildman–Crippen LogP) is 0.505.